The van der Waals surface area contributed by atoms with Crippen molar-refractivity contribution in [2.24, 2.45) is 0 Å². The first-order valence-corrected chi connectivity index (χ1v) is 7.73. The second kappa shape index (κ2) is 6.89. The zero-order chi connectivity index (χ0) is 16.3. The highest BCUT2D eigenvalue weighted by atomic mass is 35.5. The molecule has 0 aliphatic carbocycles. The molecule has 5 nitrogen and oxygen atoms in total. The van der Waals surface area contributed by atoms with Crippen molar-refractivity contribution >= 4 is 33.9 Å². The van der Waals surface area contributed by atoms with Crippen LogP contribution in [-0.2, 0) is 11.2 Å². The molecule has 0 fully saturated rings. The molecule has 0 saturated carbocycles. The van der Waals surface area contributed by atoms with Gasteiger partial charge in [0.1, 0.15) is 4.88 Å². The van der Waals surface area contributed by atoms with Crippen molar-refractivity contribution in [3.8, 4) is 0 Å². The molecular formula is C15H14ClNO4S. The van der Waals surface area contributed by atoms with Crippen molar-refractivity contribution in [2.45, 2.75) is 19.3 Å². The molecule has 1 heterocycles. The van der Waals surface area contributed by atoms with E-state index in [0.29, 0.717) is 17.0 Å². The Bertz CT molecular complexity index is 713. The zero-order valence-electron chi connectivity index (χ0n) is 12.0. The summed E-state index contributed by atoms with van der Waals surface area (Å²) in [6.45, 7) is 1.96. The minimum Gasteiger partial charge on any atom is -0.465 e. The van der Waals surface area contributed by atoms with Gasteiger partial charge in [0.05, 0.1) is 12.0 Å². The van der Waals surface area contributed by atoms with Crippen LogP contribution in [0.3, 0.4) is 0 Å². The summed E-state index contributed by atoms with van der Waals surface area (Å²) in [4.78, 5) is 22.5. The van der Waals surface area contributed by atoms with Crippen LogP contribution in [0.15, 0.2) is 30.3 Å². The summed E-state index contributed by atoms with van der Waals surface area (Å²) in [5.74, 6) is -0.536. The fourth-order valence-corrected chi connectivity index (χ4v) is 3.48. The molecule has 2 aromatic rings. The highest BCUT2D eigenvalue weighted by Gasteiger charge is 2.24. The molecule has 0 amide bonds. The molecule has 0 radical (unpaired) electrons. The van der Waals surface area contributed by atoms with E-state index < -0.39 is 10.9 Å². The summed E-state index contributed by atoms with van der Waals surface area (Å²) in [5, 5.41) is 11.5. The van der Waals surface area contributed by atoms with Gasteiger partial charge in [-0.05, 0) is 29.5 Å². The SMILES string of the molecule is COC(=O)c1sc([N+](=O)[O-])cc1C[C@H](C)c1ccccc1Cl. The van der Waals surface area contributed by atoms with Crippen LogP contribution in [0, 0.1) is 10.1 Å². The average molecular weight is 340 g/mol. The Hall–Kier alpha value is -1.92. The molecule has 7 heteroatoms. The van der Waals surface area contributed by atoms with Crippen LogP contribution in [0.1, 0.15) is 33.6 Å². The number of carbonyl (C=O) groups excluding carboxylic acids is 1. The van der Waals surface area contributed by atoms with Crippen molar-refractivity contribution < 1.29 is 14.5 Å². The largest absolute Gasteiger partial charge is 0.465 e. The van der Waals surface area contributed by atoms with Crippen molar-refractivity contribution in [3.63, 3.8) is 0 Å². The maximum atomic E-state index is 11.8. The van der Waals surface area contributed by atoms with Gasteiger partial charge in [0, 0.05) is 11.1 Å². The Labute approximate surface area is 136 Å². The lowest BCUT2D eigenvalue weighted by Gasteiger charge is -2.13. The van der Waals surface area contributed by atoms with E-state index in [1.54, 1.807) is 6.07 Å². The molecule has 2 rings (SSSR count). The molecule has 0 aliphatic rings. The quantitative estimate of drug-likeness (QED) is 0.458. The number of nitrogens with zero attached hydrogens (tertiary/aromatic N) is 1. The van der Waals surface area contributed by atoms with E-state index in [0.717, 1.165) is 16.9 Å². The minimum absolute atomic E-state index is 0.0197. The van der Waals surface area contributed by atoms with Gasteiger partial charge in [-0.3, -0.25) is 10.1 Å². The lowest BCUT2D eigenvalue weighted by atomic mass is 9.94. The number of hydrogen-bond acceptors (Lipinski definition) is 5. The molecule has 22 heavy (non-hydrogen) atoms. The second-order valence-corrected chi connectivity index (χ2v) is 6.25. The van der Waals surface area contributed by atoms with Crippen molar-refractivity contribution in [1.82, 2.24) is 0 Å². The van der Waals surface area contributed by atoms with Crippen LogP contribution in [0.2, 0.25) is 5.02 Å². The van der Waals surface area contributed by atoms with Gasteiger partial charge in [0.25, 0.3) is 0 Å². The number of nitro groups is 1. The third kappa shape index (κ3) is 3.45. The lowest BCUT2D eigenvalue weighted by molar-refractivity contribution is -0.380. The number of esters is 1. The Kier molecular flexibility index (Phi) is 5.15. The molecule has 1 aromatic heterocycles. The number of thiophene rings is 1. The molecule has 0 N–H and O–H groups in total. The Morgan fingerprint density at radius 2 is 2.14 bits per heavy atom. The maximum absolute atomic E-state index is 11.8. The van der Waals surface area contributed by atoms with E-state index in [9.17, 15) is 14.9 Å². The van der Waals surface area contributed by atoms with Crippen LogP contribution in [0.4, 0.5) is 5.00 Å². The van der Waals surface area contributed by atoms with Gasteiger partial charge in [0.2, 0.25) is 0 Å². The number of methoxy groups -OCH3 is 1. The summed E-state index contributed by atoms with van der Waals surface area (Å²) < 4.78 is 4.70. The average Bonchev–Trinajstić information content (AvgIpc) is 2.91. The molecule has 1 aromatic carbocycles. The topological polar surface area (TPSA) is 69.4 Å². The first-order valence-electron chi connectivity index (χ1n) is 6.54. The van der Waals surface area contributed by atoms with Crippen molar-refractivity contribution in [1.29, 1.82) is 0 Å². The maximum Gasteiger partial charge on any atom is 0.348 e. The van der Waals surface area contributed by atoms with Gasteiger partial charge >= 0.3 is 11.0 Å². The third-order valence-corrected chi connectivity index (χ3v) is 4.76. The van der Waals surface area contributed by atoms with Crippen LogP contribution in [0.5, 0.6) is 0 Å². The van der Waals surface area contributed by atoms with E-state index in [-0.39, 0.29) is 15.8 Å². The summed E-state index contributed by atoms with van der Waals surface area (Å²) in [6.07, 6.45) is 0.471. The normalized spacial score (nSPS) is 12.0. The first-order chi connectivity index (χ1) is 10.4. The van der Waals surface area contributed by atoms with E-state index in [1.807, 2.05) is 25.1 Å². The molecule has 1 atom stereocenters. The van der Waals surface area contributed by atoms with Gasteiger partial charge in [-0.15, -0.1) is 0 Å². The van der Waals surface area contributed by atoms with E-state index in [1.165, 1.54) is 13.2 Å². The first kappa shape index (κ1) is 16.5. The second-order valence-electron chi connectivity index (χ2n) is 4.81. The van der Waals surface area contributed by atoms with Gasteiger partial charge in [-0.2, -0.15) is 0 Å². The number of carbonyl (C=O) groups is 1. The Balaban J connectivity index is 2.34. The van der Waals surface area contributed by atoms with Crippen molar-refractivity contribution in [3.05, 3.63) is 61.5 Å². The van der Waals surface area contributed by atoms with E-state index in [2.05, 4.69) is 0 Å². The fourth-order valence-electron chi connectivity index (χ4n) is 2.24. The third-order valence-electron chi connectivity index (χ3n) is 3.31. The number of halogens is 1. The van der Waals surface area contributed by atoms with Crippen molar-refractivity contribution in [2.75, 3.05) is 7.11 Å². The molecule has 0 aliphatic heterocycles. The van der Waals surface area contributed by atoms with Crippen LogP contribution >= 0.6 is 22.9 Å². The van der Waals surface area contributed by atoms with Gasteiger partial charge in [-0.1, -0.05) is 48.1 Å². The molecule has 0 saturated heterocycles. The van der Waals surface area contributed by atoms with Gasteiger partial charge in [0.15, 0.2) is 0 Å². The predicted octanol–water partition coefficient (Wildman–Crippen LogP) is 4.44. The molecule has 116 valence electrons. The predicted molar refractivity (Wildman–Crippen MR) is 85.9 cm³/mol. The number of benzene rings is 1. The highest BCUT2D eigenvalue weighted by Crippen LogP contribution is 2.34. The standard InChI is InChI=1S/C15H14ClNO4S/c1-9(11-5-3-4-6-12(11)16)7-10-8-13(17(19)20)22-14(10)15(18)21-2/h3-6,8-9H,7H2,1-2H3/t9-/m0/s1. The number of rotatable bonds is 5. The van der Waals surface area contributed by atoms with Crippen LogP contribution in [0.25, 0.3) is 0 Å². The minimum atomic E-state index is -0.556. The zero-order valence-corrected chi connectivity index (χ0v) is 13.6. The number of hydrogen-bond donors (Lipinski definition) is 0. The van der Waals surface area contributed by atoms with E-state index >= 15 is 0 Å². The van der Waals surface area contributed by atoms with Crippen LogP contribution < -0.4 is 0 Å². The summed E-state index contributed by atoms with van der Waals surface area (Å²) in [5.41, 5.74) is 1.55. The molecular weight excluding hydrogens is 326 g/mol. The summed E-state index contributed by atoms with van der Waals surface area (Å²) in [7, 11) is 1.26. The Morgan fingerprint density at radius 1 is 1.45 bits per heavy atom. The highest BCUT2D eigenvalue weighted by molar-refractivity contribution is 7.17. The van der Waals surface area contributed by atoms with Crippen LogP contribution in [-0.4, -0.2) is 18.0 Å². The molecule has 0 spiro atoms. The number of ether oxygens (including phenoxy) is 1. The van der Waals surface area contributed by atoms with Gasteiger partial charge < -0.3 is 4.74 Å². The molecule has 0 bridgehead atoms. The lowest BCUT2D eigenvalue weighted by Crippen LogP contribution is -2.05. The smallest absolute Gasteiger partial charge is 0.348 e. The summed E-state index contributed by atoms with van der Waals surface area (Å²) in [6, 6.07) is 8.86. The molecule has 0 unspecified atom stereocenters. The fraction of sp³-hybridized carbons (Fsp3) is 0.267. The monoisotopic (exact) mass is 339 g/mol. The van der Waals surface area contributed by atoms with E-state index in [4.69, 9.17) is 16.3 Å². The Morgan fingerprint density at radius 3 is 2.73 bits per heavy atom. The summed E-state index contributed by atoms with van der Waals surface area (Å²) >= 11 is 7.01. The van der Waals surface area contributed by atoms with Gasteiger partial charge in [-0.25, -0.2) is 4.79 Å².